The Labute approximate surface area is 189 Å². The first-order valence-electron chi connectivity index (χ1n) is 10.3. The molecule has 4 aromatic rings. The summed E-state index contributed by atoms with van der Waals surface area (Å²) in [5.41, 5.74) is 2.64. The summed E-state index contributed by atoms with van der Waals surface area (Å²) in [6.45, 7) is 1.99. The zero-order valence-corrected chi connectivity index (χ0v) is 17.8. The molecule has 33 heavy (non-hydrogen) atoms. The number of nitrogens with one attached hydrogen (secondary N) is 1. The Hall–Kier alpha value is -4.27. The Bertz CT molecular complexity index is 1290. The van der Waals surface area contributed by atoms with Crippen LogP contribution in [-0.4, -0.2) is 39.9 Å². The van der Waals surface area contributed by atoms with Gasteiger partial charge in [0.2, 0.25) is 5.88 Å². The van der Waals surface area contributed by atoms with Gasteiger partial charge in [0.05, 0.1) is 29.6 Å². The molecule has 2 aromatic heterocycles. The summed E-state index contributed by atoms with van der Waals surface area (Å²) >= 11 is 0. The molecular weight excluding hydrogens is 427 g/mol. The van der Waals surface area contributed by atoms with Crippen molar-refractivity contribution in [2.75, 3.05) is 13.2 Å². The number of hydrogen-bond acceptors (Lipinski definition) is 6. The Morgan fingerprint density at radius 1 is 1.12 bits per heavy atom. The highest BCUT2D eigenvalue weighted by atomic mass is 19.1. The standard InChI is InChI=1S/C24H21FN4O4/c1-2-32-23(30)15-33-22-12-16(10-11-26-22)13-27-24(31)19-4-3-5-21-20(19)14-28-29(21)18-8-6-17(25)7-9-18/h3-12,14H,2,13,15H2,1H3,(H,27,31). The number of hydrogen-bond donors (Lipinski definition) is 1. The average Bonchev–Trinajstić information content (AvgIpc) is 3.26. The predicted octanol–water partition coefficient (Wildman–Crippen LogP) is 3.43. The largest absolute Gasteiger partial charge is 0.466 e. The number of rotatable bonds is 8. The predicted molar refractivity (Wildman–Crippen MR) is 119 cm³/mol. The molecule has 2 aromatic carbocycles. The van der Waals surface area contributed by atoms with E-state index in [-0.39, 0.29) is 37.4 Å². The lowest BCUT2D eigenvalue weighted by atomic mass is 10.1. The summed E-state index contributed by atoms with van der Waals surface area (Å²) in [6.07, 6.45) is 3.15. The molecule has 0 saturated heterocycles. The van der Waals surface area contributed by atoms with Gasteiger partial charge in [-0.15, -0.1) is 0 Å². The highest BCUT2D eigenvalue weighted by Gasteiger charge is 2.14. The fourth-order valence-electron chi connectivity index (χ4n) is 3.29. The highest BCUT2D eigenvalue weighted by molar-refractivity contribution is 6.06. The minimum atomic E-state index is -0.479. The molecule has 168 valence electrons. The van der Waals surface area contributed by atoms with E-state index in [2.05, 4.69) is 15.4 Å². The van der Waals surface area contributed by atoms with Crippen LogP contribution in [0.25, 0.3) is 16.6 Å². The molecule has 0 atom stereocenters. The Morgan fingerprint density at radius 2 is 1.94 bits per heavy atom. The van der Waals surface area contributed by atoms with Crippen LogP contribution in [0.2, 0.25) is 0 Å². The van der Waals surface area contributed by atoms with Crippen LogP contribution in [0.1, 0.15) is 22.8 Å². The summed E-state index contributed by atoms with van der Waals surface area (Å²) < 4.78 is 25.1. The summed E-state index contributed by atoms with van der Waals surface area (Å²) in [5, 5.41) is 7.92. The second kappa shape index (κ2) is 9.90. The van der Waals surface area contributed by atoms with Crippen LogP contribution < -0.4 is 10.1 Å². The van der Waals surface area contributed by atoms with E-state index in [0.717, 1.165) is 11.1 Å². The van der Waals surface area contributed by atoms with Gasteiger partial charge in [-0.3, -0.25) is 4.79 Å². The fraction of sp³-hybridized carbons (Fsp3) is 0.167. The molecule has 0 bridgehead atoms. The number of aromatic nitrogens is 3. The van der Waals surface area contributed by atoms with E-state index in [1.807, 2.05) is 6.07 Å². The van der Waals surface area contributed by atoms with Gasteiger partial charge in [0, 0.05) is 24.2 Å². The average molecular weight is 448 g/mol. The van der Waals surface area contributed by atoms with Gasteiger partial charge in [-0.2, -0.15) is 5.10 Å². The number of ether oxygens (including phenoxy) is 2. The number of nitrogens with zero attached hydrogens (tertiary/aromatic N) is 3. The van der Waals surface area contributed by atoms with Crippen molar-refractivity contribution in [1.29, 1.82) is 0 Å². The summed E-state index contributed by atoms with van der Waals surface area (Å²) in [4.78, 5) is 28.4. The SMILES string of the molecule is CCOC(=O)COc1cc(CNC(=O)c2cccc3c2cnn3-c2ccc(F)cc2)ccn1. The van der Waals surface area contributed by atoms with E-state index in [1.54, 1.807) is 54.2 Å². The molecule has 4 rings (SSSR count). The number of amides is 1. The van der Waals surface area contributed by atoms with Crippen LogP contribution in [0, 0.1) is 5.82 Å². The van der Waals surface area contributed by atoms with Gasteiger partial charge in [-0.25, -0.2) is 18.9 Å². The molecule has 0 spiro atoms. The molecule has 0 fully saturated rings. The second-order valence-electron chi connectivity index (χ2n) is 7.05. The third-order valence-corrected chi connectivity index (χ3v) is 4.82. The van der Waals surface area contributed by atoms with Crippen molar-refractivity contribution >= 4 is 22.8 Å². The second-order valence-corrected chi connectivity index (χ2v) is 7.05. The maximum Gasteiger partial charge on any atom is 0.344 e. The highest BCUT2D eigenvalue weighted by Crippen LogP contribution is 2.22. The molecule has 0 radical (unpaired) electrons. The quantitative estimate of drug-likeness (QED) is 0.415. The molecule has 0 unspecified atom stereocenters. The van der Waals surface area contributed by atoms with Crippen molar-refractivity contribution in [2.45, 2.75) is 13.5 Å². The van der Waals surface area contributed by atoms with Crippen molar-refractivity contribution in [2.24, 2.45) is 0 Å². The molecule has 0 aliphatic rings. The number of fused-ring (bicyclic) bond motifs is 1. The lowest BCUT2D eigenvalue weighted by Crippen LogP contribution is -2.23. The zero-order chi connectivity index (χ0) is 23.2. The molecule has 1 amide bonds. The first-order valence-corrected chi connectivity index (χ1v) is 10.3. The first kappa shape index (κ1) is 21.9. The topological polar surface area (TPSA) is 95.3 Å². The first-order chi connectivity index (χ1) is 16.0. The number of carbonyl (C=O) groups excluding carboxylic acids is 2. The zero-order valence-electron chi connectivity index (χ0n) is 17.8. The van der Waals surface area contributed by atoms with E-state index in [4.69, 9.17) is 9.47 Å². The Balaban J connectivity index is 1.46. The van der Waals surface area contributed by atoms with Crippen molar-refractivity contribution in [3.8, 4) is 11.6 Å². The van der Waals surface area contributed by atoms with Gasteiger partial charge in [0.15, 0.2) is 6.61 Å². The third kappa shape index (κ3) is 5.15. The minimum absolute atomic E-state index is 0.236. The molecule has 0 aliphatic carbocycles. The number of pyridine rings is 1. The van der Waals surface area contributed by atoms with Gasteiger partial charge < -0.3 is 14.8 Å². The molecule has 8 nitrogen and oxygen atoms in total. The van der Waals surface area contributed by atoms with E-state index in [0.29, 0.717) is 16.6 Å². The van der Waals surface area contributed by atoms with Gasteiger partial charge in [0.25, 0.3) is 5.91 Å². The number of esters is 1. The molecular formula is C24H21FN4O4. The van der Waals surface area contributed by atoms with Crippen molar-refractivity contribution in [3.63, 3.8) is 0 Å². The normalized spacial score (nSPS) is 10.7. The maximum atomic E-state index is 13.3. The van der Waals surface area contributed by atoms with Crippen molar-refractivity contribution < 1.29 is 23.5 Å². The van der Waals surface area contributed by atoms with Gasteiger partial charge in [0.1, 0.15) is 5.82 Å². The molecule has 1 N–H and O–H groups in total. The lowest BCUT2D eigenvalue weighted by Gasteiger charge is -2.09. The summed E-state index contributed by atoms with van der Waals surface area (Å²) in [6, 6.07) is 14.7. The van der Waals surface area contributed by atoms with Crippen LogP contribution in [-0.2, 0) is 16.1 Å². The molecule has 0 aliphatic heterocycles. The molecule has 0 saturated carbocycles. The number of benzene rings is 2. The molecule has 9 heteroatoms. The van der Waals surface area contributed by atoms with Crippen LogP contribution in [0.15, 0.2) is 67.0 Å². The van der Waals surface area contributed by atoms with Crippen LogP contribution in [0.5, 0.6) is 5.88 Å². The van der Waals surface area contributed by atoms with E-state index in [1.165, 1.54) is 18.3 Å². The minimum Gasteiger partial charge on any atom is -0.466 e. The van der Waals surface area contributed by atoms with Crippen LogP contribution in [0.3, 0.4) is 0 Å². The number of carbonyl (C=O) groups is 2. The van der Waals surface area contributed by atoms with Crippen molar-refractivity contribution in [1.82, 2.24) is 20.1 Å². The van der Waals surface area contributed by atoms with Gasteiger partial charge >= 0.3 is 5.97 Å². The lowest BCUT2D eigenvalue weighted by molar-refractivity contribution is -0.145. The maximum absolute atomic E-state index is 13.3. The van der Waals surface area contributed by atoms with Gasteiger partial charge in [-0.05, 0) is 55.0 Å². The van der Waals surface area contributed by atoms with E-state index >= 15 is 0 Å². The van der Waals surface area contributed by atoms with Crippen LogP contribution >= 0.6 is 0 Å². The monoisotopic (exact) mass is 448 g/mol. The third-order valence-electron chi connectivity index (χ3n) is 4.82. The Morgan fingerprint density at radius 3 is 2.73 bits per heavy atom. The summed E-state index contributed by atoms with van der Waals surface area (Å²) in [7, 11) is 0. The van der Waals surface area contributed by atoms with E-state index < -0.39 is 5.97 Å². The Kier molecular flexibility index (Phi) is 6.58. The van der Waals surface area contributed by atoms with Crippen molar-refractivity contribution in [3.05, 3.63) is 83.9 Å². The fourth-order valence-corrected chi connectivity index (χ4v) is 3.29. The smallest absolute Gasteiger partial charge is 0.344 e. The summed E-state index contributed by atoms with van der Waals surface area (Å²) in [5.74, 6) is -0.823. The van der Waals surface area contributed by atoms with Gasteiger partial charge in [-0.1, -0.05) is 6.07 Å². The number of halogens is 1. The van der Waals surface area contributed by atoms with Crippen LogP contribution in [0.4, 0.5) is 4.39 Å². The molecule has 2 heterocycles. The van der Waals surface area contributed by atoms with E-state index in [9.17, 15) is 14.0 Å².